The van der Waals surface area contributed by atoms with Gasteiger partial charge in [0.05, 0.1) is 31.0 Å². The summed E-state index contributed by atoms with van der Waals surface area (Å²) in [6.45, 7) is 1.18. The van der Waals surface area contributed by atoms with Gasteiger partial charge in [0.1, 0.15) is 6.61 Å². The molecule has 0 bridgehead atoms. The molecule has 44 heavy (non-hydrogen) atoms. The Hall–Kier alpha value is -5.11. The van der Waals surface area contributed by atoms with Gasteiger partial charge in [0, 0.05) is 36.9 Å². The summed E-state index contributed by atoms with van der Waals surface area (Å²) in [6, 6.07) is 27.9. The van der Waals surface area contributed by atoms with Crippen LogP contribution in [0.25, 0.3) is 11.1 Å². The number of ether oxygens (including phenoxy) is 3. The van der Waals surface area contributed by atoms with Crippen molar-refractivity contribution in [1.29, 1.82) is 0 Å². The first-order chi connectivity index (χ1) is 21.6. The number of anilines is 1. The van der Waals surface area contributed by atoms with Crippen molar-refractivity contribution in [2.75, 3.05) is 31.8 Å². The Morgan fingerprint density at radius 3 is 2.41 bits per heavy atom. The van der Waals surface area contributed by atoms with Gasteiger partial charge in [-0.25, -0.2) is 4.79 Å². The number of nitrogens with one attached hydrogen (secondary N) is 1. The third-order valence-electron chi connectivity index (χ3n) is 8.57. The molecule has 0 spiro atoms. The molecule has 0 radical (unpaired) electrons. The molecule has 3 aliphatic rings. The van der Waals surface area contributed by atoms with E-state index < -0.39 is 6.09 Å². The molecule has 0 saturated carbocycles. The molecule has 1 unspecified atom stereocenters. The van der Waals surface area contributed by atoms with Crippen LogP contribution in [0.2, 0.25) is 0 Å². The first kappa shape index (κ1) is 27.7. The number of aliphatic imine (C=N–C) groups is 1. The third-order valence-corrected chi connectivity index (χ3v) is 8.57. The molecule has 222 valence electrons. The predicted octanol–water partition coefficient (Wildman–Crippen LogP) is 6.68. The third kappa shape index (κ3) is 5.06. The number of alkyl carbamates (subject to hydrolysis) is 1. The van der Waals surface area contributed by atoms with Gasteiger partial charge in [-0.1, -0.05) is 66.7 Å². The number of carbonyl (C=O) groups excluding carboxylic acids is 2. The van der Waals surface area contributed by atoms with Crippen LogP contribution in [-0.2, 0) is 11.2 Å². The van der Waals surface area contributed by atoms with Crippen LogP contribution in [0.15, 0.2) is 89.9 Å². The van der Waals surface area contributed by atoms with E-state index in [9.17, 15) is 9.59 Å². The number of rotatable bonds is 9. The summed E-state index contributed by atoms with van der Waals surface area (Å²) in [5.41, 5.74) is 7.89. The van der Waals surface area contributed by atoms with Crippen molar-refractivity contribution in [3.8, 4) is 22.6 Å². The van der Waals surface area contributed by atoms with Crippen molar-refractivity contribution in [2.24, 2.45) is 4.99 Å². The smallest absolute Gasteiger partial charge is 0.407 e. The first-order valence-corrected chi connectivity index (χ1v) is 15.0. The zero-order valence-electron chi connectivity index (χ0n) is 24.5. The van der Waals surface area contributed by atoms with Crippen LogP contribution in [0.4, 0.5) is 16.2 Å². The molecule has 8 nitrogen and oxygen atoms in total. The summed E-state index contributed by atoms with van der Waals surface area (Å²) in [4.78, 5) is 32.5. The molecule has 4 aromatic rings. The molecule has 0 fully saturated rings. The van der Waals surface area contributed by atoms with Crippen molar-refractivity contribution < 1.29 is 23.8 Å². The highest BCUT2D eigenvalue weighted by molar-refractivity contribution is 6.14. The quantitative estimate of drug-likeness (QED) is 0.221. The van der Waals surface area contributed by atoms with Gasteiger partial charge in [0.2, 0.25) is 0 Å². The van der Waals surface area contributed by atoms with Crippen LogP contribution < -0.4 is 19.7 Å². The SMILES string of the molecule is COc1cc2c(cc1OCCCCNC(=O)OCC1c3ccccc3-c3ccccc31)N=CC1Cc3ccccc3N1C2=O. The minimum Gasteiger partial charge on any atom is -0.493 e. The number of hydrogen-bond donors (Lipinski definition) is 1. The molecule has 2 heterocycles. The minimum absolute atomic E-state index is 0.0321. The number of carbonyl (C=O) groups is 2. The maximum Gasteiger partial charge on any atom is 0.407 e. The molecule has 1 aliphatic carbocycles. The van der Waals surface area contributed by atoms with E-state index in [2.05, 4.69) is 40.6 Å². The molecule has 8 heteroatoms. The Labute approximate surface area is 256 Å². The van der Waals surface area contributed by atoms with Crippen LogP contribution in [0.1, 0.15) is 45.8 Å². The fraction of sp³-hybridized carbons (Fsp3) is 0.250. The van der Waals surface area contributed by atoms with Crippen LogP contribution in [0.3, 0.4) is 0 Å². The van der Waals surface area contributed by atoms with E-state index in [0.29, 0.717) is 48.7 Å². The highest BCUT2D eigenvalue weighted by atomic mass is 16.5. The van der Waals surface area contributed by atoms with Gasteiger partial charge in [-0.15, -0.1) is 0 Å². The van der Waals surface area contributed by atoms with Gasteiger partial charge >= 0.3 is 6.09 Å². The molecule has 1 atom stereocenters. The molecule has 2 aliphatic heterocycles. The summed E-state index contributed by atoms with van der Waals surface area (Å²) in [5.74, 6) is 0.944. The van der Waals surface area contributed by atoms with Crippen LogP contribution >= 0.6 is 0 Å². The Kier molecular flexibility index (Phi) is 7.48. The average Bonchev–Trinajstić information content (AvgIpc) is 3.55. The highest BCUT2D eigenvalue weighted by Gasteiger charge is 2.36. The molecule has 0 aromatic heterocycles. The van der Waals surface area contributed by atoms with E-state index >= 15 is 0 Å². The summed E-state index contributed by atoms with van der Waals surface area (Å²) in [5, 5.41) is 2.85. The lowest BCUT2D eigenvalue weighted by molar-refractivity contribution is 0.0986. The van der Waals surface area contributed by atoms with Crippen LogP contribution in [-0.4, -0.2) is 51.1 Å². The standard InChI is InChI=1S/C36H33N3O5/c1-42-33-19-29-31(38-21-24-18-23-10-2-7-15-32(23)39(24)35(29)40)20-34(33)43-17-9-8-16-37-36(41)44-22-30-27-13-5-3-11-25(27)26-12-4-6-14-28(26)30/h2-7,10-15,19-21,24,30H,8-9,16-18,22H2,1H3,(H,37,41). The van der Waals surface area contributed by atoms with E-state index in [-0.39, 0.29) is 24.5 Å². The normalized spacial score (nSPS) is 15.9. The van der Waals surface area contributed by atoms with E-state index in [4.69, 9.17) is 14.2 Å². The minimum atomic E-state index is -0.425. The molecule has 2 amide bonds. The number of para-hydroxylation sites is 1. The van der Waals surface area contributed by atoms with Crippen molar-refractivity contribution in [1.82, 2.24) is 5.32 Å². The number of benzene rings is 4. The average molecular weight is 588 g/mol. The van der Waals surface area contributed by atoms with Gasteiger partial charge in [-0.05, 0) is 52.8 Å². The first-order valence-electron chi connectivity index (χ1n) is 15.0. The number of unbranched alkanes of at least 4 members (excludes halogenated alkanes) is 1. The summed E-state index contributed by atoms with van der Waals surface area (Å²) < 4.78 is 17.2. The Bertz CT molecular complexity index is 1720. The molecular formula is C36H33N3O5. The van der Waals surface area contributed by atoms with Crippen molar-refractivity contribution in [2.45, 2.75) is 31.2 Å². The Morgan fingerprint density at radius 2 is 1.64 bits per heavy atom. The topological polar surface area (TPSA) is 89.5 Å². The molecular weight excluding hydrogens is 554 g/mol. The number of hydrogen-bond acceptors (Lipinski definition) is 6. The largest absolute Gasteiger partial charge is 0.493 e. The second kappa shape index (κ2) is 11.9. The number of methoxy groups -OCH3 is 1. The molecule has 1 N–H and O–H groups in total. The molecule has 7 rings (SSSR count). The van der Waals surface area contributed by atoms with Gasteiger partial charge in [0.15, 0.2) is 11.5 Å². The lowest BCUT2D eigenvalue weighted by Crippen LogP contribution is -2.37. The molecule has 4 aromatic carbocycles. The number of amides is 2. The summed E-state index contributed by atoms with van der Waals surface area (Å²) in [7, 11) is 1.56. The van der Waals surface area contributed by atoms with E-state index in [0.717, 1.165) is 17.7 Å². The van der Waals surface area contributed by atoms with Crippen LogP contribution in [0.5, 0.6) is 11.5 Å². The predicted molar refractivity (Wildman–Crippen MR) is 170 cm³/mol. The number of nitrogens with zero attached hydrogens (tertiary/aromatic N) is 2. The van der Waals surface area contributed by atoms with Gasteiger partial charge in [0.25, 0.3) is 5.91 Å². The summed E-state index contributed by atoms with van der Waals surface area (Å²) in [6.07, 6.45) is 3.58. The fourth-order valence-corrected chi connectivity index (χ4v) is 6.44. The van der Waals surface area contributed by atoms with E-state index in [1.807, 2.05) is 53.6 Å². The maximum absolute atomic E-state index is 13.6. The van der Waals surface area contributed by atoms with Gasteiger partial charge in [-0.3, -0.25) is 14.7 Å². The zero-order chi connectivity index (χ0) is 30.0. The van der Waals surface area contributed by atoms with Gasteiger partial charge < -0.3 is 19.5 Å². The lowest BCUT2D eigenvalue weighted by Gasteiger charge is -2.22. The van der Waals surface area contributed by atoms with Crippen LogP contribution in [0, 0.1) is 0 Å². The van der Waals surface area contributed by atoms with Gasteiger partial charge in [-0.2, -0.15) is 0 Å². The highest BCUT2D eigenvalue weighted by Crippen LogP contribution is 2.44. The van der Waals surface area contributed by atoms with Crippen molar-refractivity contribution in [3.05, 3.63) is 107 Å². The second-order valence-electron chi connectivity index (χ2n) is 11.2. The summed E-state index contributed by atoms with van der Waals surface area (Å²) >= 11 is 0. The maximum atomic E-state index is 13.6. The van der Waals surface area contributed by atoms with E-state index in [1.54, 1.807) is 19.2 Å². The fourth-order valence-electron chi connectivity index (χ4n) is 6.44. The van der Waals surface area contributed by atoms with Crippen molar-refractivity contribution >= 4 is 29.6 Å². The molecule has 0 saturated heterocycles. The number of fused-ring (bicyclic) bond motifs is 7. The monoisotopic (exact) mass is 587 g/mol. The van der Waals surface area contributed by atoms with E-state index in [1.165, 1.54) is 22.3 Å². The Morgan fingerprint density at radius 1 is 0.909 bits per heavy atom. The Balaban J connectivity index is 0.903. The lowest BCUT2D eigenvalue weighted by atomic mass is 9.98. The second-order valence-corrected chi connectivity index (χ2v) is 11.2. The zero-order valence-corrected chi connectivity index (χ0v) is 24.5. The van der Waals surface area contributed by atoms with Crippen molar-refractivity contribution in [3.63, 3.8) is 0 Å².